The highest BCUT2D eigenvalue weighted by Crippen LogP contribution is 2.28. The van der Waals surface area contributed by atoms with Crippen LogP contribution in [0.25, 0.3) is 0 Å². The number of benzene rings is 2. The van der Waals surface area contributed by atoms with Crippen molar-refractivity contribution >= 4 is 28.1 Å². The molecule has 0 fully saturated rings. The van der Waals surface area contributed by atoms with Gasteiger partial charge in [-0.05, 0) is 31.2 Å². The summed E-state index contributed by atoms with van der Waals surface area (Å²) >= 11 is 1.37. The van der Waals surface area contributed by atoms with Gasteiger partial charge in [-0.25, -0.2) is 9.37 Å². The van der Waals surface area contributed by atoms with Gasteiger partial charge in [-0.1, -0.05) is 30.3 Å². The number of anilines is 2. The van der Waals surface area contributed by atoms with Gasteiger partial charge in [0, 0.05) is 5.38 Å². The number of hydrogen-bond donors (Lipinski definition) is 0. The Bertz CT molecular complexity index is 836. The number of thiazole rings is 1. The minimum Gasteiger partial charge on any atom is -0.481 e. The lowest BCUT2D eigenvalue weighted by Crippen LogP contribution is -2.31. The second kappa shape index (κ2) is 7.23. The number of carbonyl (C=O) groups excluding carboxylic acids is 1. The first-order chi connectivity index (χ1) is 11.6. The smallest absolute Gasteiger partial charge is 0.271 e. The van der Waals surface area contributed by atoms with Crippen molar-refractivity contribution in [1.82, 2.24) is 4.98 Å². The van der Waals surface area contributed by atoms with Gasteiger partial charge in [-0.3, -0.25) is 9.69 Å². The van der Waals surface area contributed by atoms with E-state index in [1.54, 1.807) is 12.1 Å². The van der Waals surface area contributed by atoms with Crippen LogP contribution in [0.1, 0.15) is 5.69 Å². The molecule has 0 saturated carbocycles. The number of amides is 1. The third-order valence-electron chi connectivity index (χ3n) is 3.25. The number of para-hydroxylation sites is 2. The zero-order valence-corrected chi connectivity index (χ0v) is 13.8. The molecule has 0 aliphatic rings. The molecule has 0 unspecified atom stereocenters. The van der Waals surface area contributed by atoms with Gasteiger partial charge in [0.25, 0.3) is 5.91 Å². The zero-order chi connectivity index (χ0) is 16.9. The fourth-order valence-electron chi connectivity index (χ4n) is 2.15. The number of hydrogen-bond acceptors (Lipinski definition) is 4. The van der Waals surface area contributed by atoms with Gasteiger partial charge in [-0.15, -0.1) is 11.3 Å². The van der Waals surface area contributed by atoms with Crippen molar-refractivity contribution in [2.45, 2.75) is 6.92 Å². The molecule has 24 heavy (non-hydrogen) atoms. The number of halogens is 1. The van der Waals surface area contributed by atoms with Gasteiger partial charge in [0.15, 0.2) is 23.3 Å². The van der Waals surface area contributed by atoms with Crippen LogP contribution in [0.4, 0.5) is 15.2 Å². The average molecular weight is 342 g/mol. The molecule has 0 saturated heterocycles. The largest absolute Gasteiger partial charge is 0.481 e. The normalized spacial score (nSPS) is 10.4. The van der Waals surface area contributed by atoms with Crippen LogP contribution in [0, 0.1) is 12.7 Å². The van der Waals surface area contributed by atoms with Crippen molar-refractivity contribution in [3.63, 3.8) is 0 Å². The van der Waals surface area contributed by atoms with Crippen LogP contribution in [0.5, 0.6) is 5.75 Å². The van der Waals surface area contributed by atoms with Crippen LogP contribution < -0.4 is 9.64 Å². The first-order valence-corrected chi connectivity index (χ1v) is 8.20. The number of aryl methyl sites for hydroxylation is 1. The Morgan fingerprint density at radius 1 is 1.17 bits per heavy atom. The van der Waals surface area contributed by atoms with E-state index in [1.807, 2.05) is 42.6 Å². The Labute approximate surface area is 143 Å². The number of carbonyl (C=O) groups is 1. The molecular formula is C18H15FN2O2S. The van der Waals surface area contributed by atoms with Crippen molar-refractivity contribution in [1.29, 1.82) is 0 Å². The SMILES string of the molecule is Cc1csc(N(C(=O)COc2ccccc2F)c2ccccc2)n1. The molecule has 0 radical (unpaired) electrons. The fraction of sp³-hybridized carbons (Fsp3) is 0.111. The third kappa shape index (κ3) is 3.60. The highest BCUT2D eigenvalue weighted by molar-refractivity contribution is 7.14. The van der Waals surface area contributed by atoms with Crippen LogP contribution in [-0.4, -0.2) is 17.5 Å². The molecule has 0 atom stereocenters. The molecule has 0 spiro atoms. The van der Waals surface area contributed by atoms with Crippen molar-refractivity contribution in [2.75, 3.05) is 11.5 Å². The summed E-state index contributed by atoms with van der Waals surface area (Å²) in [7, 11) is 0. The van der Waals surface area contributed by atoms with Crippen LogP contribution in [0.15, 0.2) is 60.0 Å². The van der Waals surface area contributed by atoms with Gasteiger partial charge >= 0.3 is 0 Å². The molecule has 1 amide bonds. The molecule has 0 N–H and O–H groups in total. The van der Waals surface area contributed by atoms with Crippen molar-refractivity contribution in [2.24, 2.45) is 0 Å². The lowest BCUT2D eigenvalue weighted by Gasteiger charge is -2.20. The maximum absolute atomic E-state index is 13.6. The summed E-state index contributed by atoms with van der Waals surface area (Å²) < 4.78 is 19.0. The number of ether oxygens (including phenoxy) is 1. The van der Waals surface area contributed by atoms with Crippen molar-refractivity contribution < 1.29 is 13.9 Å². The van der Waals surface area contributed by atoms with Crippen LogP contribution in [-0.2, 0) is 4.79 Å². The second-order valence-corrected chi connectivity index (χ2v) is 5.89. The number of aromatic nitrogens is 1. The fourth-order valence-corrected chi connectivity index (χ4v) is 2.99. The molecule has 4 nitrogen and oxygen atoms in total. The van der Waals surface area contributed by atoms with Gasteiger partial charge in [0.05, 0.1) is 11.4 Å². The van der Waals surface area contributed by atoms with Gasteiger partial charge in [-0.2, -0.15) is 0 Å². The Hall–Kier alpha value is -2.73. The maximum atomic E-state index is 13.6. The molecule has 0 aliphatic heterocycles. The van der Waals surface area contributed by atoms with E-state index in [0.717, 1.165) is 5.69 Å². The van der Waals surface area contributed by atoms with E-state index in [4.69, 9.17) is 4.74 Å². The Kier molecular flexibility index (Phi) is 4.86. The quantitative estimate of drug-likeness (QED) is 0.693. The topological polar surface area (TPSA) is 42.4 Å². The molecule has 6 heteroatoms. The minimum atomic E-state index is -0.498. The van der Waals surface area contributed by atoms with Crippen molar-refractivity contribution in [3.05, 3.63) is 71.5 Å². The lowest BCUT2D eigenvalue weighted by atomic mass is 10.3. The van der Waals surface area contributed by atoms with Gasteiger partial charge in [0.2, 0.25) is 0 Å². The third-order valence-corrected chi connectivity index (χ3v) is 4.19. The Balaban J connectivity index is 1.83. The molecule has 0 aliphatic carbocycles. The molecule has 2 aromatic carbocycles. The standard InChI is InChI=1S/C18H15FN2O2S/c1-13-12-24-18(20-13)21(14-7-3-2-4-8-14)17(22)11-23-16-10-6-5-9-15(16)19/h2-10,12H,11H2,1H3. The number of nitrogens with zero attached hydrogens (tertiary/aromatic N) is 2. The van der Waals surface area contributed by atoms with Gasteiger partial charge < -0.3 is 4.74 Å². The second-order valence-electron chi connectivity index (χ2n) is 5.06. The van der Waals surface area contributed by atoms with Gasteiger partial charge in [0.1, 0.15) is 0 Å². The maximum Gasteiger partial charge on any atom is 0.271 e. The Morgan fingerprint density at radius 3 is 2.54 bits per heavy atom. The van der Waals surface area contributed by atoms with E-state index in [2.05, 4.69) is 4.98 Å². The molecule has 3 rings (SSSR count). The van der Waals surface area contributed by atoms with E-state index in [9.17, 15) is 9.18 Å². The first kappa shape index (κ1) is 16.1. The minimum absolute atomic E-state index is 0.0502. The average Bonchev–Trinajstić information content (AvgIpc) is 3.01. The van der Waals surface area contributed by atoms with E-state index in [0.29, 0.717) is 10.8 Å². The zero-order valence-electron chi connectivity index (χ0n) is 13.0. The highest BCUT2D eigenvalue weighted by atomic mass is 32.1. The summed E-state index contributed by atoms with van der Waals surface area (Å²) in [5.74, 6) is -0.769. The highest BCUT2D eigenvalue weighted by Gasteiger charge is 2.21. The van der Waals surface area contributed by atoms with Crippen LogP contribution >= 0.6 is 11.3 Å². The van der Waals surface area contributed by atoms with Crippen LogP contribution in [0.2, 0.25) is 0 Å². The Morgan fingerprint density at radius 2 is 1.88 bits per heavy atom. The summed E-state index contributed by atoms with van der Waals surface area (Å²) in [6, 6.07) is 15.2. The predicted molar refractivity (Wildman–Crippen MR) is 92.3 cm³/mol. The molecule has 0 bridgehead atoms. The first-order valence-electron chi connectivity index (χ1n) is 7.32. The van der Waals surface area contributed by atoms with Crippen LogP contribution in [0.3, 0.4) is 0 Å². The summed E-state index contributed by atoms with van der Waals surface area (Å²) in [4.78, 5) is 18.5. The summed E-state index contributed by atoms with van der Waals surface area (Å²) in [6.45, 7) is 1.58. The van der Waals surface area contributed by atoms with E-state index in [1.165, 1.54) is 28.4 Å². The summed E-state index contributed by atoms with van der Waals surface area (Å²) in [5.41, 5.74) is 1.52. The van der Waals surface area contributed by atoms with E-state index >= 15 is 0 Å². The monoisotopic (exact) mass is 342 g/mol. The van der Waals surface area contributed by atoms with E-state index in [-0.39, 0.29) is 18.3 Å². The summed E-state index contributed by atoms with van der Waals surface area (Å²) in [5, 5.41) is 2.43. The molecular weight excluding hydrogens is 327 g/mol. The summed E-state index contributed by atoms with van der Waals surface area (Å²) in [6.07, 6.45) is 0. The van der Waals surface area contributed by atoms with E-state index < -0.39 is 5.82 Å². The lowest BCUT2D eigenvalue weighted by molar-refractivity contribution is -0.119. The number of rotatable bonds is 5. The molecule has 122 valence electrons. The predicted octanol–water partition coefficient (Wildman–Crippen LogP) is 4.33. The molecule has 1 aromatic heterocycles. The molecule has 3 aromatic rings. The van der Waals surface area contributed by atoms with Crippen molar-refractivity contribution in [3.8, 4) is 5.75 Å². The molecule has 1 heterocycles.